The number of ether oxygens (including phenoxy) is 1. The molecule has 1 atom stereocenters. The number of benzene rings is 2. The molecule has 160 valence electrons. The lowest BCUT2D eigenvalue weighted by molar-refractivity contribution is -0.128. The number of nitrogens with zero attached hydrogens (tertiary/aromatic N) is 1. The van der Waals surface area contributed by atoms with E-state index in [-0.39, 0.29) is 18.2 Å². The highest BCUT2D eigenvalue weighted by molar-refractivity contribution is 7.92. The first-order valence-electron chi connectivity index (χ1n) is 10.6. The molecule has 2 aromatic rings. The molecule has 0 aromatic heterocycles. The zero-order valence-corrected chi connectivity index (χ0v) is 17.8. The lowest BCUT2D eigenvalue weighted by Gasteiger charge is -2.35. The minimum absolute atomic E-state index is 0.0251. The van der Waals surface area contributed by atoms with Crippen LogP contribution in [0.1, 0.15) is 37.7 Å². The summed E-state index contributed by atoms with van der Waals surface area (Å²) < 4.78 is 33.7. The Morgan fingerprint density at radius 3 is 2.47 bits per heavy atom. The monoisotopic (exact) mass is 428 g/mol. The summed E-state index contributed by atoms with van der Waals surface area (Å²) >= 11 is 0. The summed E-state index contributed by atoms with van der Waals surface area (Å²) in [5.41, 5.74) is 1.18. The van der Waals surface area contributed by atoms with Crippen LogP contribution < -0.4 is 14.4 Å². The van der Waals surface area contributed by atoms with Crippen molar-refractivity contribution in [2.24, 2.45) is 5.92 Å². The molecular formula is C23H28N2O4S. The van der Waals surface area contributed by atoms with Gasteiger partial charge in [-0.1, -0.05) is 61.7 Å². The van der Waals surface area contributed by atoms with E-state index in [4.69, 9.17) is 4.74 Å². The fourth-order valence-corrected chi connectivity index (χ4v) is 5.80. The molecule has 0 saturated heterocycles. The maximum Gasteiger partial charge on any atom is 0.263 e. The molecule has 0 radical (unpaired) electrons. The molecule has 6 nitrogen and oxygen atoms in total. The number of nitrogens with one attached hydrogen (secondary N) is 1. The Bertz CT molecular complexity index is 972. The highest BCUT2D eigenvalue weighted by Gasteiger charge is 2.36. The van der Waals surface area contributed by atoms with Crippen LogP contribution in [0.4, 0.5) is 5.69 Å². The van der Waals surface area contributed by atoms with E-state index < -0.39 is 16.1 Å². The number of hydrogen-bond acceptors (Lipinski definition) is 4. The topological polar surface area (TPSA) is 75.7 Å². The summed E-state index contributed by atoms with van der Waals surface area (Å²) in [4.78, 5) is 12.8. The van der Waals surface area contributed by atoms with Crippen LogP contribution in [0.5, 0.6) is 5.75 Å². The fraction of sp³-hybridized carbons (Fsp3) is 0.435. The van der Waals surface area contributed by atoms with Gasteiger partial charge in [0.2, 0.25) is 10.0 Å². The molecule has 0 bridgehead atoms. The molecule has 1 amide bonds. The van der Waals surface area contributed by atoms with Crippen molar-refractivity contribution in [3.63, 3.8) is 0 Å². The summed E-state index contributed by atoms with van der Waals surface area (Å²) in [5.74, 6) is 0.531. The summed E-state index contributed by atoms with van der Waals surface area (Å²) in [6.45, 7) is 0.597. The molecule has 0 unspecified atom stereocenters. The van der Waals surface area contributed by atoms with Crippen LogP contribution in [0, 0.1) is 5.92 Å². The number of carbonyl (C=O) groups is 1. The van der Waals surface area contributed by atoms with Crippen molar-refractivity contribution < 1.29 is 17.9 Å². The third-order valence-electron chi connectivity index (χ3n) is 5.84. The Morgan fingerprint density at radius 1 is 1.00 bits per heavy atom. The second kappa shape index (κ2) is 9.08. The number of rotatable bonds is 6. The lowest BCUT2D eigenvalue weighted by atomic mass is 9.89. The highest BCUT2D eigenvalue weighted by atomic mass is 32.2. The van der Waals surface area contributed by atoms with Gasteiger partial charge in [0.1, 0.15) is 5.75 Å². The summed E-state index contributed by atoms with van der Waals surface area (Å²) in [6.07, 6.45) is 5.08. The number of hydrogen-bond donors (Lipinski definition) is 1. The van der Waals surface area contributed by atoms with E-state index >= 15 is 0 Å². The second-order valence-electron chi connectivity index (χ2n) is 8.10. The normalized spacial score (nSPS) is 19.6. The van der Waals surface area contributed by atoms with Gasteiger partial charge in [-0.15, -0.1) is 0 Å². The predicted molar refractivity (Wildman–Crippen MR) is 117 cm³/mol. The Hall–Kier alpha value is -2.54. The van der Waals surface area contributed by atoms with Crippen LogP contribution in [0.25, 0.3) is 0 Å². The molecular weight excluding hydrogens is 400 g/mol. The minimum Gasteiger partial charge on any atom is -0.476 e. The largest absolute Gasteiger partial charge is 0.476 e. The van der Waals surface area contributed by atoms with Crippen molar-refractivity contribution in [1.82, 2.24) is 5.32 Å². The first kappa shape index (κ1) is 20.7. The van der Waals surface area contributed by atoms with Crippen molar-refractivity contribution in [2.75, 3.05) is 17.4 Å². The van der Waals surface area contributed by atoms with E-state index in [1.54, 1.807) is 36.4 Å². The molecule has 7 heteroatoms. The smallest absolute Gasteiger partial charge is 0.263 e. The number of carbonyl (C=O) groups excluding carboxylic acids is 1. The van der Waals surface area contributed by atoms with Gasteiger partial charge in [-0.2, -0.15) is 0 Å². The van der Waals surface area contributed by atoms with E-state index in [0.29, 0.717) is 29.5 Å². The molecule has 2 aromatic carbocycles. The zero-order valence-electron chi connectivity index (χ0n) is 17.0. The van der Waals surface area contributed by atoms with E-state index in [9.17, 15) is 13.2 Å². The van der Waals surface area contributed by atoms with Crippen molar-refractivity contribution in [3.8, 4) is 5.75 Å². The van der Waals surface area contributed by atoms with Crippen LogP contribution in [0.3, 0.4) is 0 Å². The van der Waals surface area contributed by atoms with Crippen LogP contribution >= 0.6 is 0 Å². The maximum absolute atomic E-state index is 13.2. The third kappa shape index (κ3) is 4.78. The molecule has 1 N–H and O–H groups in total. The van der Waals surface area contributed by atoms with E-state index in [2.05, 4.69) is 5.32 Å². The number of fused-ring (bicyclic) bond motifs is 1. The van der Waals surface area contributed by atoms with Gasteiger partial charge in [-0.3, -0.25) is 9.10 Å². The van der Waals surface area contributed by atoms with Crippen LogP contribution in [-0.4, -0.2) is 33.5 Å². The van der Waals surface area contributed by atoms with Gasteiger partial charge in [0, 0.05) is 6.54 Å². The Balaban J connectivity index is 1.51. The lowest BCUT2D eigenvalue weighted by Crippen LogP contribution is -2.51. The van der Waals surface area contributed by atoms with Gasteiger partial charge in [0.15, 0.2) is 6.10 Å². The molecule has 30 heavy (non-hydrogen) atoms. The van der Waals surface area contributed by atoms with Crippen LogP contribution in [0.15, 0.2) is 54.6 Å². The van der Waals surface area contributed by atoms with Crippen molar-refractivity contribution >= 4 is 21.6 Å². The molecule has 1 aliphatic carbocycles. The minimum atomic E-state index is -3.68. The Kier molecular flexibility index (Phi) is 6.27. The highest BCUT2D eigenvalue weighted by Crippen LogP contribution is 2.35. The van der Waals surface area contributed by atoms with Gasteiger partial charge in [-0.05, 0) is 36.5 Å². The van der Waals surface area contributed by atoms with Crippen molar-refractivity contribution in [3.05, 3.63) is 60.2 Å². The molecule has 1 aliphatic heterocycles. The van der Waals surface area contributed by atoms with Gasteiger partial charge < -0.3 is 10.1 Å². The summed E-state index contributed by atoms with van der Waals surface area (Å²) in [7, 11) is -3.68. The molecule has 0 spiro atoms. The van der Waals surface area contributed by atoms with Gasteiger partial charge in [0.25, 0.3) is 5.91 Å². The van der Waals surface area contributed by atoms with Crippen LogP contribution in [-0.2, 0) is 20.6 Å². The Labute approximate surface area is 178 Å². The molecule has 1 heterocycles. The van der Waals surface area contributed by atoms with Gasteiger partial charge in [0.05, 0.1) is 18.0 Å². The van der Waals surface area contributed by atoms with E-state index in [0.717, 1.165) is 12.8 Å². The second-order valence-corrected chi connectivity index (χ2v) is 9.99. The number of amides is 1. The third-order valence-corrected chi connectivity index (χ3v) is 7.56. The maximum atomic E-state index is 13.2. The first-order valence-corrected chi connectivity index (χ1v) is 12.2. The SMILES string of the molecule is O=C(NCC1CCCCC1)[C@H]1CN(S(=O)(=O)Cc2ccccc2)c2ccccc2O1. The number of anilines is 1. The summed E-state index contributed by atoms with van der Waals surface area (Å²) in [6, 6.07) is 16.1. The average Bonchev–Trinajstić information content (AvgIpc) is 2.77. The van der Waals surface area contributed by atoms with E-state index in [1.165, 1.54) is 23.6 Å². The molecule has 4 rings (SSSR count). The van der Waals surface area contributed by atoms with Gasteiger partial charge >= 0.3 is 0 Å². The zero-order chi connectivity index (χ0) is 21.0. The molecule has 1 fully saturated rings. The van der Waals surface area contributed by atoms with Crippen LogP contribution in [0.2, 0.25) is 0 Å². The standard InChI is InChI=1S/C23H28N2O4S/c26-23(24-15-18-9-3-1-4-10-18)22-16-25(20-13-7-8-14-21(20)29-22)30(27,28)17-19-11-5-2-6-12-19/h2,5-8,11-14,18,22H,1,3-4,9-10,15-17H2,(H,24,26)/t22-/m1/s1. The molecule has 1 saturated carbocycles. The average molecular weight is 429 g/mol. The quantitative estimate of drug-likeness (QED) is 0.764. The van der Waals surface area contributed by atoms with Crippen molar-refractivity contribution in [1.29, 1.82) is 0 Å². The van der Waals surface area contributed by atoms with Crippen molar-refractivity contribution in [2.45, 2.75) is 44.0 Å². The number of para-hydroxylation sites is 2. The number of sulfonamides is 1. The first-order chi connectivity index (χ1) is 14.5. The van der Waals surface area contributed by atoms with E-state index in [1.807, 2.05) is 18.2 Å². The molecule has 2 aliphatic rings. The van der Waals surface area contributed by atoms with Gasteiger partial charge in [-0.25, -0.2) is 8.42 Å². The summed E-state index contributed by atoms with van der Waals surface area (Å²) in [5, 5.41) is 2.99. The Morgan fingerprint density at radius 2 is 1.70 bits per heavy atom. The fourth-order valence-electron chi connectivity index (χ4n) is 4.21. The predicted octanol–water partition coefficient (Wildman–Crippen LogP) is 3.48.